The van der Waals surface area contributed by atoms with E-state index in [2.05, 4.69) is 27.1 Å². The maximum absolute atomic E-state index is 13.6. The number of halogens is 1. The van der Waals surface area contributed by atoms with Crippen molar-refractivity contribution in [3.63, 3.8) is 0 Å². The quantitative estimate of drug-likeness (QED) is 0.583. The summed E-state index contributed by atoms with van der Waals surface area (Å²) in [7, 11) is 0. The van der Waals surface area contributed by atoms with E-state index in [9.17, 15) is 9.18 Å². The van der Waals surface area contributed by atoms with Gasteiger partial charge in [0.25, 0.3) is 0 Å². The topological polar surface area (TPSA) is 61.0 Å². The number of carbonyl (C=O) groups excluding carboxylic acids is 1. The van der Waals surface area contributed by atoms with Crippen LogP contribution in [0.25, 0.3) is 10.9 Å². The van der Waals surface area contributed by atoms with Crippen LogP contribution in [0.2, 0.25) is 0 Å². The number of aromatic nitrogens is 2. The van der Waals surface area contributed by atoms with Crippen LogP contribution in [0.1, 0.15) is 56.6 Å². The molecule has 1 saturated heterocycles. The summed E-state index contributed by atoms with van der Waals surface area (Å²) >= 11 is 0. The largest absolute Gasteiger partial charge is 0.357 e. The Hall–Kier alpha value is -2.73. The monoisotopic (exact) mass is 436 g/mol. The van der Waals surface area contributed by atoms with Gasteiger partial charge in [0.1, 0.15) is 5.82 Å². The number of hydrogen-bond donors (Lipinski definition) is 2. The highest BCUT2D eigenvalue weighted by Gasteiger charge is 2.32. The molecule has 1 fully saturated rings. The number of nitrogens with zero attached hydrogens (tertiary/aromatic N) is 2. The number of carbonyl (C=O) groups is 1. The molecule has 1 aliphatic heterocycles. The molecule has 3 aromatic rings. The van der Waals surface area contributed by atoms with Gasteiger partial charge in [-0.1, -0.05) is 26.8 Å². The predicted molar refractivity (Wildman–Crippen MR) is 126 cm³/mol. The summed E-state index contributed by atoms with van der Waals surface area (Å²) in [4.78, 5) is 23.2. The normalized spacial score (nSPS) is 16.9. The number of piperidine rings is 1. The molecular weight excluding hydrogens is 403 g/mol. The fourth-order valence-electron chi connectivity index (χ4n) is 4.53. The summed E-state index contributed by atoms with van der Waals surface area (Å²) in [6.45, 7) is 10.6. The molecule has 0 saturated carbocycles. The number of nitrogens with one attached hydrogen (secondary N) is 2. The van der Waals surface area contributed by atoms with E-state index < -0.39 is 5.41 Å². The van der Waals surface area contributed by atoms with Gasteiger partial charge < -0.3 is 10.3 Å². The summed E-state index contributed by atoms with van der Waals surface area (Å²) in [5.74, 6) is 0.187. The summed E-state index contributed by atoms with van der Waals surface area (Å²) in [5.41, 5.74) is 3.73. The van der Waals surface area contributed by atoms with E-state index >= 15 is 0 Å². The smallest absolute Gasteiger partial charge is 0.225 e. The van der Waals surface area contributed by atoms with Crippen molar-refractivity contribution in [2.45, 2.75) is 53.1 Å². The third-order valence-electron chi connectivity index (χ3n) is 6.58. The molecule has 0 aliphatic carbocycles. The number of likely N-dealkylation sites (tertiary alicyclic amines) is 1. The first kappa shape index (κ1) is 22.5. The van der Waals surface area contributed by atoms with Gasteiger partial charge in [0, 0.05) is 34.8 Å². The molecule has 0 spiro atoms. The molecule has 5 nitrogen and oxygen atoms in total. The Balaban J connectivity index is 1.45. The number of aryl methyl sites for hydroxylation is 1. The van der Waals surface area contributed by atoms with Crippen molar-refractivity contribution < 1.29 is 9.18 Å². The van der Waals surface area contributed by atoms with Crippen LogP contribution in [0.3, 0.4) is 0 Å². The van der Waals surface area contributed by atoms with Crippen LogP contribution >= 0.6 is 0 Å². The lowest BCUT2D eigenvalue weighted by Crippen LogP contribution is -2.44. The minimum absolute atomic E-state index is 0.0523. The number of rotatable bonds is 5. The fraction of sp³-hybridized carbons (Fsp3) is 0.462. The molecule has 4 rings (SSSR count). The van der Waals surface area contributed by atoms with Crippen molar-refractivity contribution in [3.8, 4) is 0 Å². The Bertz CT molecular complexity index is 1080. The second-order valence-electron chi connectivity index (χ2n) is 9.99. The van der Waals surface area contributed by atoms with Crippen LogP contribution in [0.4, 0.5) is 4.39 Å². The minimum Gasteiger partial charge on any atom is -0.357 e. The predicted octanol–water partition coefficient (Wildman–Crippen LogP) is 5.13. The number of H-pyrrole nitrogens is 1. The van der Waals surface area contributed by atoms with Gasteiger partial charge in [0.05, 0.1) is 11.7 Å². The highest BCUT2D eigenvalue weighted by atomic mass is 19.1. The van der Waals surface area contributed by atoms with Crippen molar-refractivity contribution in [1.29, 1.82) is 0 Å². The first-order chi connectivity index (χ1) is 15.2. The molecule has 1 aromatic carbocycles. The van der Waals surface area contributed by atoms with Crippen molar-refractivity contribution in [3.05, 3.63) is 65.4 Å². The van der Waals surface area contributed by atoms with Gasteiger partial charge in [-0.15, -0.1) is 0 Å². The van der Waals surface area contributed by atoms with E-state index in [1.807, 2.05) is 45.0 Å². The number of benzene rings is 1. The molecule has 1 aliphatic rings. The van der Waals surface area contributed by atoms with Gasteiger partial charge in [0.2, 0.25) is 5.91 Å². The highest BCUT2D eigenvalue weighted by Crippen LogP contribution is 2.32. The van der Waals surface area contributed by atoms with Crippen molar-refractivity contribution in [2.24, 2.45) is 11.3 Å². The Morgan fingerprint density at radius 3 is 2.66 bits per heavy atom. The zero-order valence-corrected chi connectivity index (χ0v) is 19.4. The van der Waals surface area contributed by atoms with Gasteiger partial charge in [0.15, 0.2) is 0 Å². The van der Waals surface area contributed by atoms with Crippen LogP contribution in [-0.4, -0.2) is 33.9 Å². The Morgan fingerprint density at radius 2 is 2.00 bits per heavy atom. The Labute approximate surface area is 189 Å². The standard InChI is InChI=1S/C26H33FN4O/c1-17-20-15-19(27)8-9-21(20)29-23(17)16-31-13-10-18(11-14-31)24(22-7-5-6-12-28-22)30-25(32)26(2,3)4/h5-9,12,15,18,24,29H,10-11,13-14,16H2,1-4H3,(H,30,32)/t24-/m1/s1. The average molecular weight is 437 g/mol. The lowest BCUT2D eigenvalue weighted by Gasteiger charge is -2.37. The first-order valence-electron chi connectivity index (χ1n) is 11.4. The summed E-state index contributed by atoms with van der Waals surface area (Å²) in [5, 5.41) is 4.23. The SMILES string of the molecule is Cc1c(CN2CCC([C@@H](NC(=O)C(C)(C)C)c3ccccn3)CC2)[nH]c2ccc(F)cc12. The van der Waals surface area contributed by atoms with Crippen LogP contribution in [0.5, 0.6) is 0 Å². The van der Waals surface area contributed by atoms with Crippen LogP contribution in [-0.2, 0) is 11.3 Å². The average Bonchev–Trinajstić information content (AvgIpc) is 3.07. The maximum Gasteiger partial charge on any atom is 0.225 e. The number of pyridine rings is 1. The number of hydrogen-bond acceptors (Lipinski definition) is 3. The van der Waals surface area contributed by atoms with Crippen LogP contribution in [0.15, 0.2) is 42.6 Å². The van der Waals surface area contributed by atoms with E-state index in [0.29, 0.717) is 5.92 Å². The van der Waals surface area contributed by atoms with Crippen molar-refractivity contribution in [1.82, 2.24) is 20.2 Å². The summed E-state index contributed by atoms with van der Waals surface area (Å²) < 4.78 is 13.6. The molecule has 2 aromatic heterocycles. The van der Waals surface area contributed by atoms with Crippen molar-refractivity contribution >= 4 is 16.8 Å². The second-order valence-corrected chi connectivity index (χ2v) is 9.99. The Morgan fingerprint density at radius 1 is 1.25 bits per heavy atom. The third kappa shape index (κ3) is 4.85. The van der Waals surface area contributed by atoms with Crippen LogP contribution < -0.4 is 5.32 Å². The molecular formula is C26H33FN4O. The summed E-state index contributed by atoms with van der Waals surface area (Å²) in [6, 6.07) is 10.7. The molecule has 0 radical (unpaired) electrons. The van der Waals surface area contributed by atoms with E-state index in [1.165, 1.54) is 6.07 Å². The number of fused-ring (bicyclic) bond motifs is 1. The van der Waals surface area contributed by atoms with Gasteiger partial charge in [-0.3, -0.25) is 14.7 Å². The van der Waals surface area contributed by atoms with Crippen molar-refractivity contribution in [2.75, 3.05) is 13.1 Å². The summed E-state index contributed by atoms with van der Waals surface area (Å²) in [6.07, 6.45) is 3.77. The fourth-order valence-corrected chi connectivity index (χ4v) is 4.53. The highest BCUT2D eigenvalue weighted by molar-refractivity contribution is 5.84. The third-order valence-corrected chi connectivity index (χ3v) is 6.58. The molecule has 170 valence electrons. The second kappa shape index (κ2) is 9.02. The molecule has 3 heterocycles. The first-order valence-corrected chi connectivity index (χ1v) is 11.4. The van der Waals surface area contributed by atoms with Gasteiger partial charge in [-0.2, -0.15) is 0 Å². The maximum atomic E-state index is 13.6. The number of amides is 1. The molecule has 2 N–H and O–H groups in total. The minimum atomic E-state index is -0.444. The van der Waals surface area contributed by atoms with Gasteiger partial charge >= 0.3 is 0 Å². The lowest BCUT2D eigenvalue weighted by molar-refractivity contribution is -0.129. The van der Waals surface area contributed by atoms with Crippen LogP contribution in [0, 0.1) is 24.1 Å². The molecule has 0 unspecified atom stereocenters. The van der Waals surface area contributed by atoms with E-state index in [0.717, 1.165) is 60.3 Å². The zero-order valence-electron chi connectivity index (χ0n) is 19.4. The molecule has 0 bridgehead atoms. The Kier molecular flexibility index (Phi) is 6.33. The van der Waals surface area contributed by atoms with Gasteiger partial charge in [-0.05, 0) is 74.7 Å². The molecule has 1 atom stereocenters. The van der Waals surface area contributed by atoms with Gasteiger partial charge in [-0.25, -0.2) is 4.39 Å². The number of aromatic amines is 1. The lowest BCUT2D eigenvalue weighted by atomic mass is 9.85. The zero-order chi connectivity index (χ0) is 22.9. The molecule has 6 heteroatoms. The van der Waals surface area contributed by atoms with E-state index in [-0.39, 0.29) is 17.8 Å². The van der Waals surface area contributed by atoms with E-state index in [4.69, 9.17) is 0 Å². The molecule has 1 amide bonds. The molecule has 32 heavy (non-hydrogen) atoms. The van der Waals surface area contributed by atoms with E-state index in [1.54, 1.807) is 12.3 Å².